The molecule has 11 heteroatoms. The Hall–Kier alpha value is -3.37. The summed E-state index contributed by atoms with van der Waals surface area (Å²) in [5, 5.41) is 14.5. The topological polar surface area (TPSA) is 99.8 Å². The molecule has 4 rings (SSSR count). The molecule has 1 fully saturated rings. The third-order valence-corrected chi connectivity index (χ3v) is 4.49. The lowest BCUT2D eigenvalue weighted by Crippen LogP contribution is -2.37. The fourth-order valence-corrected chi connectivity index (χ4v) is 3.11. The van der Waals surface area contributed by atoms with Crippen LogP contribution in [0.25, 0.3) is 11.5 Å². The summed E-state index contributed by atoms with van der Waals surface area (Å²) in [7, 11) is 3.10. The second kappa shape index (κ2) is 6.66. The first-order chi connectivity index (χ1) is 13.4. The number of alkyl halides is 2. The molecule has 146 valence electrons. The van der Waals surface area contributed by atoms with Crippen molar-refractivity contribution < 1.29 is 18.3 Å². The lowest BCUT2D eigenvalue weighted by Gasteiger charge is -2.35. The van der Waals surface area contributed by atoms with E-state index < -0.39 is 11.8 Å². The molecule has 0 saturated heterocycles. The Morgan fingerprint density at radius 2 is 2.14 bits per heavy atom. The standard InChI is InChI=1S/C17H17F2N7O2/c1-25-8-11(16(24-25)28-2)15(27)22-13-5-3-4-12(21-13)14-23-20-9-26(14)10-6-17(18,19)7-10/h3-5,8-10H,6-7H2,1-2H3,(H,21,22,27). The van der Waals surface area contributed by atoms with Crippen LogP contribution < -0.4 is 10.1 Å². The SMILES string of the molecule is COc1nn(C)cc1C(=O)Nc1cccc(-c2nncn2C2CC(F)(F)C2)n1. The first kappa shape index (κ1) is 18.0. The molecule has 1 amide bonds. The van der Waals surface area contributed by atoms with Gasteiger partial charge < -0.3 is 14.6 Å². The van der Waals surface area contributed by atoms with E-state index in [-0.39, 0.29) is 36.1 Å². The maximum atomic E-state index is 13.2. The summed E-state index contributed by atoms with van der Waals surface area (Å²) in [6, 6.07) is 4.60. The summed E-state index contributed by atoms with van der Waals surface area (Å²) in [6.45, 7) is 0. The van der Waals surface area contributed by atoms with Crippen molar-refractivity contribution >= 4 is 11.7 Å². The number of rotatable bonds is 5. The van der Waals surface area contributed by atoms with Gasteiger partial charge in [-0.3, -0.25) is 9.48 Å². The molecule has 0 aliphatic heterocycles. The van der Waals surface area contributed by atoms with Gasteiger partial charge in [-0.25, -0.2) is 13.8 Å². The Morgan fingerprint density at radius 3 is 2.86 bits per heavy atom. The first-order valence-corrected chi connectivity index (χ1v) is 8.50. The van der Waals surface area contributed by atoms with Crippen LogP contribution in [0.15, 0.2) is 30.7 Å². The van der Waals surface area contributed by atoms with Crippen LogP contribution in [-0.4, -0.2) is 48.5 Å². The van der Waals surface area contributed by atoms with Crippen LogP contribution in [0.2, 0.25) is 0 Å². The summed E-state index contributed by atoms with van der Waals surface area (Å²) in [6.07, 6.45) is 2.44. The molecule has 1 N–H and O–H groups in total. The number of methoxy groups -OCH3 is 1. The zero-order valence-electron chi connectivity index (χ0n) is 15.1. The number of anilines is 1. The molecule has 0 atom stereocenters. The summed E-state index contributed by atoms with van der Waals surface area (Å²) < 4.78 is 34.6. The van der Waals surface area contributed by atoms with Gasteiger partial charge in [0.2, 0.25) is 5.88 Å². The molecule has 0 aromatic carbocycles. The van der Waals surface area contributed by atoms with Gasteiger partial charge in [0.25, 0.3) is 11.8 Å². The van der Waals surface area contributed by atoms with Crippen molar-refractivity contribution in [2.45, 2.75) is 24.8 Å². The highest BCUT2D eigenvalue weighted by Crippen LogP contribution is 2.46. The van der Waals surface area contributed by atoms with Crippen molar-refractivity contribution in [2.75, 3.05) is 12.4 Å². The van der Waals surface area contributed by atoms with Crippen LogP contribution in [0.3, 0.4) is 0 Å². The summed E-state index contributed by atoms with van der Waals surface area (Å²) in [5.41, 5.74) is 0.681. The lowest BCUT2D eigenvalue weighted by molar-refractivity contribution is -0.103. The van der Waals surface area contributed by atoms with Gasteiger partial charge in [0.05, 0.1) is 7.11 Å². The zero-order chi connectivity index (χ0) is 19.9. The van der Waals surface area contributed by atoms with Gasteiger partial charge in [0.15, 0.2) is 5.82 Å². The van der Waals surface area contributed by atoms with Crippen LogP contribution in [0.1, 0.15) is 29.2 Å². The van der Waals surface area contributed by atoms with E-state index >= 15 is 0 Å². The van der Waals surface area contributed by atoms with E-state index in [1.165, 1.54) is 24.3 Å². The number of aryl methyl sites for hydroxylation is 1. The molecular formula is C17H17F2N7O2. The largest absolute Gasteiger partial charge is 0.479 e. The van der Waals surface area contributed by atoms with E-state index in [1.807, 2.05) is 0 Å². The number of hydrogen-bond donors (Lipinski definition) is 1. The van der Waals surface area contributed by atoms with Crippen LogP contribution in [0.5, 0.6) is 5.88 Å². The van der Waals surface area contributed by atoms with Gasteiger partial charge in [0, 0.05) is 32.1 Å². The van der Waals surface area contributed by atoms with Gasteiger partial charge in [0.1, 0.15) is 23.4 Å². The molecule has 0 unspecified atom stereocenters. The fourth-order valence-electron chi connectivity index (χ4n) is 3.11. The maximum Gasteiger partial charge on any atom is 0.263 e. The molecule has 0 radical (unpaired) electrons. The zero-order valence-corrected chi connectivity index (χ0v) is 15.1. The Morgan fingerprint density at radius 1 is 1.36 bits per heavy atom. The summed E-state index contributed by atoms with van der Waals surface area (Å²) >= 11 is 0. The Bertz CT molecular complexity index is 1020. The minimum Gasteiger partial charge on any atom is -0.479 e. The number of nitrogens with zero attached hydrogens (tertiary/aromatic N) is 6. The van der Waals surface area contributed by atoms with Crippen LogP contribution >= 0.6 is 0 Å². The van der Waals surface area contributed by atoms with E-state index in [0.29, 0.717) is 11.5 Å². The van der Waals surface area contributed by atoms with E-state index in [4.69, 9.17) is 4.74 Å². The van der Waals surface area contributed by atoms with Gasteiger partial charge >= 0.3 is 0 Å². The Kier molecular flexibility index (Phi) is 4.28. The number of pyridine rings is 1. The Labute approximate surface area is 158 Å². The van der Waals surface area contributed by atoms with E-state index in [9.17, 15) is 13.6 Å². The number of halogens is 2. The van der Waals surface area contributed by atoms with Gasteiger partial charge in [-0.1, -0.05) is 6.07 Å². The molecule has 3 heterocycles. The van der Waals surface area contributed by atoms with E-state index in [1.54, 1.807) is 29.8 Å². The van der Waals surface area contributed by atoms with Gasteiger partial charge in [-0.15, -0.1) is 15.3 Å². The molecule has 1 saturated carbocycles. The fraction of sp³-hybridized carbons (Fsp3) is 0.353. The number of amides is 1. The molecule has 3 aromatic heterocycles. The summed E-state index contributed by atoms with van der Waals surface area (Å²) in [5.74, 6) is -2.24. The minimum absolute atomic E-state index is 0.196. The number of hydrogen-bond acceptors (Lipinski definition) is 6. The first-order valence-electron chi connectivity index (χ1n) is 8.50. The van der Waals surface area contributed by atoms with Gasteiger partial charge in [-0.2, -0.15) is 0 Å². The second-order valence-corrected chi connectivity index (χ2v) is 6.57. The monoisotopic (exact) mass is 389 g/mol. The predicted octanol–water partition coefficient (Wildman–Crippen LogP) is 2.30. The Balaban J connectivity index is 1.56. The van der Waals surface area contributed by atoms with Crippen molar-refractivity contribution in [3.8, 4) is 17.4 Å². The average Bonchev–Trinajstić information content (AvgIpc) is 3.26. The number of nitrogens with one attached hydrogen (secondary N) is 1. The van der Waals surface area contributed by atoms with Crippen molar-refractivity contribution in [2.24, 2.45) is 7.05 Å². The van der Waals surface area contributed by atoms with Crippen LogP contribution in [-0.2, 0) is 7.05 Å². The van der Waals surface area contributed by atoms with Crippen LogP contribution in [0.4, 0.5) is 14.6 Å². The molecule has 1 aliphatic rings. The van der Waals surface area contributed by atoms with Gasteiger partial charge in [-0.05, 0) is 12.1 Å². The normalized spacial score (nSPS) is 15.9. The highest BCUT2D eigenvalue weighted by atomic mass is 19.3. The molecule has 9 nitrogen and oxygen atoms in total. The number of aromatic nitrogens is 6. The second-order valence-electron chi connectivity index (χ2n) is 6.57. The quantitative estimate of drug-likeness (QED) is 0.719. The van der Waals surface area contributed by atoms with Crippen LogP contribution in [0, 0.1) is 0 Å². The van der Waals surface area contributed by atoms with Crippen molar-refractivity contribution in [3.63, 3.8) is 0 Å². The molecule has 28 heavy (non-hydrogen) atoms. The third-order valence-electron chi connectivity index (χ3n) is 4.49. The smallest absolute Gasteiger partial charge is 0.263 e. The van der Waals surface area contributed by atoms with Crippen molar-refractivity contribution in [1.29, 1.82) is 0 Å². The van der Waals surface area contributed by atoms with Crippen molar-refractivity contribution in [3.05, 3.63) is 36.3 Å². The number of carbonyl (C=O) groups is 1. The van der Waals surface area contributed by atoms with E-state index in [0.717, 1.165) is 0 Å². The average molecular weight is 389 g/mol. The minimum atomic E-state index is -2.65. The number of carbonyl (C=O) groups excluding carboxylic acids is 1. The third kappa shape index (κ3) is 3.30. The van der Waals surface area contributed by atoms with E-state index in [2.05, 4.69) is 25.6 Å². The molecule has 0 spiro atoms. The van der Waals surface area contributed by atoms with Crippen molar-refractivity contribution in [1.82, 2.24) is 29.5 Å². The lowest BCUT2D eigenvalue weighted by atomic mass is 9.88. The number of ether oxygens (including phenoxy) is 1. The molecule has 3 aromatic rings. The maximum absolute atomic E-state index is 13.2. The highest BCUT2D eigenvalue weighted by Gasteiger charge is 2.47. The molecule has 0 bridgehead atoms. The summed E-state index contributed by atoms with van der Waals surface area (Å²) in [4.78, 5) is 16.9. The highest BCUT2D eigenvalue weighted by molar-refractivity contribution is 6.05. The molecule has 1 aliphatic carbocycles. The molecular weight excluding hydrogens is 372 g/mol. The predicted molar refractivity (Wildman–Crippen MR) is 94.2 cm³/mol.